The Morgan fingerprint density at radius 2 is 2.00 bits per heavy atom. The van der Waals surface area contributed by atoms with Gasteiger partial charge >= 0.3 is 0 Å². The number of para-hydroxylation sites is 1. The normalized spacial score (nSPS) is 13.2. The van der Waals surface area contributed by atoms with Crippen molar-refractivity contribution in [1.29, 1.82) is 0 Å². The van der Waals surface area contributed by atoms with Crippen LogP contribution in [0.5, 0.6) is 5.75 Å². The van der Waals surface area contributed by atoms with E-state index in [9.17, 15) is 8.42 Å². The Morgan fingerprint density at radius 3 is 2.63 bits per heavy atom. The Balaban J connectivity index is 2.70. The Kier molecular flexibility index (Phi) is 6.62. The van der Waals surface area contributed by atoms with Gasteiger partial charge in [-0.25, -0.2) is 13.1 Å². The van der Waals surface area contributed by atoms with E-state index in [0.717, 1.165) is 5.56 Å². The van der Waals surface area contributed by atoms with E-state index >= 15 is 0 Å². The lowest BCUT2D eigenvalue weighted by atomic mass is 10.1. The minimum atomic E-state index is -3.29. The maximum absolute atomic E-state index is 11.9. The van der Waals surface area contributed by atoms with Crippen molar-refractivity contribution in [2.75, 3.05) is 18.7 Å². The van der Waals surface area contributed by atoms with Crippen LogP contribution in [0.15, 0.2) is 24.3 Å². The second-order valence-electron chi connectivity index (χ2n) is 4.30. The van der Waals surface area contributed by atoms with Gasteiger partial charge < -0.3 is 4.74 Å². The maximum atomic E-state index is 11.9. The van der Waals surface area contributed by atoms with Gasteiger partial charge in [-0.2, -0.15) is 0 Å². The first-order valence-electron chi connectivity index (χ1n) is 6.19. The van der Waals surface area contributed by atoms with Gasteiger partial charge in [0.1, 0.15) is 5.75 Å². The van der Waals surface area contributed by atoms with E-state index in [1.807, 2.05) is 24.3 Å². The standard InChI is InChI=1S/C13H20ClNO3S/c1-11(12-7-3-4-8-13(12)18-2)15-19(16,17)10-6-5-9-14/h3-4,7-8,11,15H,5-6,9-10H2,1-2H3. The lowest BCUT2D eigenvalue weighted by Gasteiger charge is -2.17. The predicted molar refractivity (Wildman–Crippen MR) is 78.3 cm³/mol. The van der Waals surface area contributed by atoms with Crippen molar-refractivity contribution < 1.29 is 13.2 Å². The number of hydrogen-bond donors (Lipinski definition) is 1. The number of sulfonamides is 1. The van der Waals surface area contributed by atoms with Gasteiger partial charge in [-0.3, -0.25) is 0 Å². The van der Waals surface area contributed by atoms with Gasteiger partial charge in [0.25, 0.3) is 0 Å². The monoisotopic (exact) mass is 305 g/mol. The number of halogens is 1. The number of nitrogens with one attached hydrogen (secondary N) is 1. The molecule has 0 fully saturated rings. The van der Waals surface area contributed by atoms with Crippen LogP contribution in [0.4, 0.5) is 0 Å². The molecule has 19 heavy (non-hydrogen) atoms. The molecule has 1 N–H and O–H groups in total. The van der Waals surface area contributed by atoms with E-state index in [0.29, 0.717) is 24.5 Å². The van der Waals surface area contributed by atoms with Gasteiger partial charge in [-0.05, 0) is 25.8 Å². The third kappa shape index (κ3) is 5.38. The molecule has 0 spiro atoms. The summed E-state index contributed by atoms with van der Waals surface area (Å²) in [7, 11) is -1.72. The molecule has 108 valence electrons. The van der Waals surface area contributed by atoms with Crippen LogP contribution < -0.4 is 9.46 Å². The molecule has 0 heterocycles. The van der Waals surface area contributed by atoms with E-state index in [2.05, 4.69) is 4.72 Å². The van der Waals surface area contributed by atoms with E-state index in [-0.39, 0.29) is 11.8 Å². The molecule has 1 rings (SSSR count). The number of methoxy groups -OCH3 is 1. The van der Waals surface area contributed by atoms with Gasteiger partial charge in [0.2, 0.25) is 10.0 Å². The predicted octanol–water partition coefficient (Wildman–Crippen LogP) is 2.69. The fraction of sp³-hybridized carbons (Fsp3) is 0.538. The molecular formula is C13H20ClNO3S. The minimum Gasteiger partial charge on any atom is -0.496 e. The van der Waals surface area contributed by atoms with Crippen molar-refractivity contribution >= 4 is 21.6 Å². The molecule has 6 heteroatoms. The first-order valence-corrected chi connectivity index (χ1v) is 8.37. The lowest BCUT2D eigenvalue weighted by Crippen LogP contribution is -2.29. The van der Waals surface area contributed by atoms with Crippen molar-refractivity contribution in [1.82, 2.24) is 4.72 Å². The van der Waals surface area contributed by atoms with Crippen LogP contribution >= 0.6 is 11.6 Å². The summed E-state index contributed by atoms with van der Waals surface area (Å²) < 4.78 is 31.7. The molecule has 1 aromatic rings. The summed E-state index contributed by atoms with van der Waals surface area (Å²) in [5, 5.41) is 0. The molecule has 0 aromatic heterocycles. The third-order valence-corrected chi connectivity index (χ3v) is 4.56. The summed E-state index contributed by atoms with van der Waals surface area (Å²) in [6.07, 6.45) is 1.27. The Morgan fingerprint density at radius 1 is 1.32 bits per heavy atom. The van der Waals surface area contributed by atoms with Crippen molar-refractivity contribution in [3.8, 4) is 5.75 Å². The average molecular weight is 306 g/mol. The topological polar surface area (TPSA) is 55.4 Å². The second kappa shape index (κ2) is 7.72. The number of hydrogen-bond acceptors (Lipinski definition) is 3. The molecule has 0 aliphatic heterocycles. The van der Waals surface area contributed by atoms with Crippen LogP contribution in [0.1, 0.15) is 31.4 Å². The van der Waals surface area contributed by atoms with Crippen LogP contribution in [0.2, 0.25) is 0 Å². The molecule has 0 saturated carbocycles. The summed E-state index contributed by atoms with van der Waals surface area (Å²) >= 11 is 5.54. The smallest absolute Gasteiger partial charge is 0.212 e. The molecule has 0 saturated heterocycles. The van der Waals surface area contributed by atoms with Crippen molar-refractivity contribution in [2.24, 2.45) is 0 Å². The summed E-state index contributed by atoms with van der Waals surface area (Å²) in [6, 6.07) is 7.05. The highest BCUT2D eigenvalue weighted by atomic mass is 35.5. The quantitative estimate of drug-likeness (QED) is 0.593. The fourth-order valence-corrected chi connectivity index (χ4v) is 3.36. The van der Waals surface area contributed by atoms with Gasteiger partial charge in [-0.15, -0.1) is 11.6 Å². The summed E-state index contributed by atoms with van der Waals surface area (Å²) in [5.74, 6) is 1.26. The van der Waals surface area contributed by atoms with Gasteiger partial charge in [0.15, 0.2) is 0 Å². The van der Waals surface area contributed by atoms with Gasteiger partial charge in [0.05, 0.1) is 12.9 Å². The van der Waals surface area contributed by atoms with Crippen molar-refractivity contribution in [3.63, 3.8) is 0 Å². The molecular weight excluding hydrogens is 286 g/mol. The SMILES string of the molecule is COc1ccccc1C(C)NS(=O)(=O)CCCCCl. The molecule has 0 aliphatic rings. The third-order valence-electron chi connectivity index (χ3n) is 2.76. The van der Waals surface area contributed by atoms with E-state index in [4.69, 9.17) is 16.3 Å². The van der Waals surface area contributed by atoms with E-state index < -0.39 is 10.0 Å². The van der Waals surface area contributed by atoms with Crippen LogP contribution in [0.3, 0.4) is 0 Å². The van der Waals surface area contributed by atoms with E-state index in [1.54, 1.807) is 14.0 Å². The number of unbranched alkanes of at least 4 members (excludes halogenated alkanes) is 1. The van der Waals surface area contributed by atoms with Gasteiger partial charge in [-0.1, -0.05) is 18.2 Å². The number of benzene rings is 1. The zero-order valence-electron chi connectivity index (χ0n) is 11.2. The molecule has 1 aromatic carbocycles. The van der Waals surface area contributed by atoms with Crippen LogP contribution in [0, 0.1) is 0 Å². The Hall–Kier alpha value is -0.780. The Bertz CT molecular complexity index is 490. The zero-order chi connectivity index (χ0) is 14.3. The highest BCUT2D eigenvalue weighted by molar-refractivity contribution is 7.89. The summed E-state index contributed by atoms with van der Waals surface area (Å²) in [4.78, 5) is 0. The fourth-order valence-electron chi connectivity index (χ4n) is 1.80. The summed E-state index contributed by atoms with van der Waals surface area (Å²) in [5.41, 5.74) is 0.825. The lowest BCUT2D eigenvalue weighted by molar-refractivity contribution is 0.405. The summed E-state index contributed by atoms with van der Waals surface area (Å²) in [6.45, 7) is 1.80. The number of alkyl halides is 1. The second-order valence-corrected chi connectivity index (χ2v) is 6.55. The number of ether oxygens (including phenoxy) is 1. The average Bonchev–Trinajstić information content (AvgIpc) is 2.38. The largest absolute Gasteiger partial charge is 0.496 e. The van der Waals surface area contributed by atoms with Gasteiger partial charge in [0, 0.05) is 17.5 Å². The molecule has 0 bridgehead atoms. The molecule has 0 radical (unpaired) electrons. The molecule has 1 unspecified atom stereocenters. The first-order chi connectivity index (χ1) is 9.00. The van der Waals surface area contributed by atoms with Crippen molar-refractivity contribution in [3.05, 3.63) is 29.8 Å². The zero-order valence-corrected chi connectivity index (χ0v) is 12.8. The molecule has 0 amide bonds. The first kappa shape index (κ1) is 16.3. The molecule has 4 nitrogen and oxygen atoms in total. The maximum Gasteiger partial charge on any atom is 0.212 e. The van der Waals surface area contributed by atoms with Crippen LogP contribution in [-0.2, 0) is 10.0 Å². The van der Waals surface area contributed by atoms with Crippen LogP contribution in [-0.4, -0.2) is 27.2 Å². The van der Waals surface area contributed by atoms with E-state index in [1.165, 1.54) is 0 Å². The highest BCUT2D eigenvalue weighted by Crippen LogP contribution is 2.24. The van der Waals surface area contributed by atoms with Crippen LogP contribution in [0.25, 0.3) is 0 Å². The molecule has 0 aliphatic carbocycles. The highest BCUT2D eigenvalue weighted by Gasteiger charge is 2.17. The number of rotatable bonds is 8. The molecule has 1 atom stereocenters. The Labute approximate surface area is 120 Å². The minimum absolute atomic E-state index is 0.0964. The van der Waals surface area contributed by atoms with Crippen molar-refractivity contribution in [2.45, 2.75) is 25.8 Å².